The van der Waals surface area contributed by atoms with Crippen molar-refractivity contribution in [3.05, 3.63) is 0 Å². The Morgan fingerprint density at radius 2 is 1.50 bits per heavy atom. The Morgan fingerprint density at radius 1 is 1.00 bits per heavy atom. The summed E-state index contributed by atoms with van der Waals surface area (Å²) >= 11 is 0. The molecule has 0 unspecified atom stereocenters. The molecule has 0 radical (unpaired) electrons. The van der Waals surface area contributed by atoms with Crippen molar-refractivity contribution in [2.75, 3.05) is 13.1 Å². The summed E-state index contributed by atoms with van der Waals surface area (Å²) in [5, 5.41) is 0. The number of nitrogens with one attached hydrogen (secondary N) is 1. The van der Waals surface area contributed by atoms with Gasteiger partial charge < -0.3 is 14.4 Å². The van der Waals surface area contributed by atoms with Crippen LogP contribution in [0.2, 0.25) is 0 Å². The number of rotatable bonds is 2. The average Bonchev–Trinajstić information content (AvgIpc) is 2.08. The van der Waals surface area contributed by atoms with Crippen molar-refractivity contribution in [3.8, 4) is 0 Å². The topological polar surface area (TPSA) is 77.1 Å². The average molecular weight is 288 g/mol. The molecule has 7 heteroatoms. The summed E-state index contributed by atoms with van der Waals surface area (Å²) in [6.07, 6.45) is -1.27. The molecule has 0 saturated carbocycles. The Labute approximate surface area is 119 Å². The van der Waals surface area contributed by atoms with Crippen LogP contribution in [0.25, 0.3) is 0 Å². The van der Waals surface area contributed by atoms with Gasteiger partial charge in [-0.25, -0.2) is 9.59 Å². The second-order valence-corrected chi connectivity index (χ2v) is 6.73. The highest BCUT2D eigenvalue weighted by Gasteiger charge is 2.35. The maximum atomic E-state index is 11.6. The van der Waals surface area contributed by atoms with Gasteiger partial charge in [-0.05, 0) is 41.5 Å². The largest absolute Gasteiger partial charge is 0.444 e. The third-order valence-electron chi connectivity index (χ3n) is 2.21. The third-order valence-corrected chi connectivity index (χ3v) is 2.21. The van der Waals surface area contributed by atoms with Gasteiger partial charge in [-0.15, -0.1) is 0 Å². The molecule has 0 bridgehead atoms. The highest BCUT2D eigenvalue weighted by Crippen LogP contribution is 2.16. The van der Waals surface area contributed by atoms with Crippen molar-refractivity contribution >= 4 is 12.2 Å². The van der Waals surface area contributed by atoms with E-state index in [0.29, 0.717) is 13.1 Å². The number of hydrogen-bond acceptors (Lipinski definition) is 5. The monoisotopic (exact) mass is 288 g/mol. The number of carbonyl (C=O) groups is 2. The van der Waals surface area contributed by atoms with Gasteiger partial charge in [0.1, 0.15) is 17.3 Å². The number of hydrogen-bond donors (Lipinski definition) is 1. The lowest BCUT2D eigenvalue weighted by Crippen LogP contribution is -2.57. The number of carbonyl (C=O) groups excluding carboxylic acids is 2. The molecule has 0 aromatic rings. The van der Waals surface area contributed by atoms with Crippen LogP contribution in [0.1, 0.15) is 41.5 Å². The van der Waals surface area contributed by atoms with E-state index < -0.39 is 17.3 Å². The van der Waals surface area contributed by atoms with Crippen molar-refractivity contribution in [1.82, 2.24) is 10.4 Å². The van der Waals surface area contributed by atoms with Gasteiger partial charge in [0.05, 0.1) is 13.1 Å². The molecule has 1 saturated heterocycles. The summed E-state index contributed by atoms with van der Waals surface area (Å²) in [5.74, 6) is 0. The van der Waals surface area contributed by atoms with Crippen LogP contribution < -0.4 is 5.48 Å². The van der Waals surface area contributed by atoms with Gasteiger partial charge in [-0.2, -0.15) is 5.48 Å². The zero-order valence-electron chi connectivity index (χ0n) is 13.0. The molecule has 1 rings (SSSR count). The Hall–Kier alpha value is -1.50. The minimum Gasteiger partial charge on any atom is -0.444 e. The van der Waals surface area contributed by atoms with E-state index in [1.165, 1.54) is 4.90 Å². The predicted octanol–water partition coefficient (Wildman–Crippen LogP) is 2.06. The molecule has 0 aliphatic carbocycles. The first-order valence-corrected chi connectivity index (χ1v) is 6.59. The molecule has 0 aromatic carbocycles. The van der Waals surface area contributed by atoms with Crippen LogP contribution in [0, 0.1) is 0 Å². The normalized spacial score (nSPS) is 16.4. The molecule has 2 amide bonds. The fraction of sp³-hybridized carbons (Fsp3) is 0.846. The lowest BCUT2D eigenvalue weighted by molar-refractivity contribution is -0.101. The standard InChI is InChI=1S/C13H24N2O5/c1-12(2,3)18-10(16)14-20-9-7-15(8-9)11(17)19-13(4,5)6/h9H,7-8H2,1-6H3,(H,14,16). The van der Waals surface area contributed by atoms with Gasteiger partial charge in [0.15, 0.2) is 0 Å². The minimum atomic E-state index is -0.645. The van der Waals surface area contributed by atoms with Crippen molar-refractivity contribution in [2.45, 2.75) is 58.8 Å². The van der Waals surface area contributed by atoms with E-state index in [2.05, 4.69) is 5.48 Å². The van der Waals surface area contributed by atoms with Gasteiger partial charge in [-0.1, -0.05) is 0 Å². The maximum Gasteiger partial charge on any atom is 0.431 e. The molecule has 116 valence electrons. The Morgan fingerprint density at radius 3 is 1.95 bits per heavy atom. The van der Waals surface area contributed by atoms with Crippen LogP contribution in [0.5, 0.6) is 0 Å². The Balaban J connectivity index is 2.20. The van der Waals surface area contributed by atoms with Crippen LogP contribution in [0.4, 0.5) is 9.59 Å². The van der Waals surface area contributed by atoms with Gasteiger partial charge in [0, 0.05) is 0 Å². The summed E-state index contributed by atoms with van der Waals surface area (Å²) in [4.78, 5) is 29.6. The van der Waals surface area contributed by atoms with E-state index in [1.54, 1.807) is 20.8 Å². The highest BCUT2D eigenvalue weighted by molar-refractivity contribution is 5.69. The predicted molar refractivity (Wildman–Crippen MR) is 72.0 cm³/mol. The molecule has 1 heterocycles. The summed E-state index contributed by atoms with van der Waals surface area (Å²) < 4.78 is 10.2. The van der Waals surface area contributed by atoms with Gasteiger partial charge in [0.2, 0.25) is 0 Å². The lowest BCUT2D eigenvalue weighted by atomic mass is 10.2. The molecule has 1 N–H and O–H groups in total. The number of hydroxylamine groups is 1. The Kier molecular flexibility index (Phi) is 4.86. The molecular formula is C13H24N2O5. The van der Waals surface area contributed by atoms with Gasteiger partial charge >= 0.3 is 12.2 Å². The van der Waals surface area contributed by atoms with E-state index in [1.807, 2.05) is 20.8 Å². The second-order valence-electron chi connectivity index (χ2n) is 6.73. The summed E-state index contributed by atoms with van der Waals surface area (Å²) in [7, 11) is 0. The molecule has 1 aliphatic heterocycles. The van der Waals surface area contributed by atoms with Crippen LogP contribution in [0.3, 0.4) is 0 Å². The first kappa shape index (κ1) is 16.6. The molecule has 20 heavy (non-hydrogen) atoms. The maximum absolute atomic E-state index is 11.6. The van der Waals surface area contributed by atoms with E-state index >= 15 is 0 Å². The second kappa shape index (κ2) is 5.87. The number of likely N-dealkylation sites (tertiary alicyclic amines) is 1. The number of ether oxygens (including phenoxy) is 2. The molecule has 7 nitrogen and oxygen atoms in total. The zero-order chi connectivity index (χ0) is 15.6. The molecule has 0 atom stereocenters. The summed E-state index contributed by atoms with van der Waals surface area (Å²) in [6, 6.07) is 0. The molecule has 0 spiro atoms. The van der Waals surface area contributed by atoms with Crippen LogP contribution in [-0.4, -0.2) is 47.5 Å². The van der Waals surface area contributed by atoms with Crippen molar-refractivity contribution in [2.24, 2.45) is 0 Å². The third kappa shape index (κ3) is 6.10. The highest BCUT2D eigenvalue weighted by atomic mass is 16.7. The smallest absolute Gasteiger partial charge is 0.431 e. The van der Waals surface area contributed by atoms with Crippen molar-refractivity contribution < 1.29 is 23.9 Å². The van der Waals surface area contributed by atoms with Crippen LogP contribution in [-0.2, 0) is 14.3 Å². The lowest BCUT2D eigenvalue weighted by Gasteiger charge is -2.38. The van der Waals surface area contributed by atoms with E-state index in [4.69, 9.17) is 14.3 Å². The molecule has 1 fully saturated rings. The van der Waals surface area contributed by atoms with Gasteiger partial charge in [0.25, 0.3) is 0 Å². The van der Waals surface area contributed by atoms with Gasteiger partial charge in [-0.3, -0.25) is 4.84 Å². The van der Waals surface area contributed by atoms with E-state index in [-0.39, 0.29) is 12.2 Å². The first-order valence-electron chi connectivity index (χ1n) is 6.59. The van der Waals surface area contributed by atoms with Crippen LogP contribution in [0.15, 0.2) is 0 Å². The summed E-state index contributed by atoms with van der Waals surface area (Å²) in [6.45, 7) is 11.5. The molecule has 1 aliphatic rings. The fourth-order valence-electron chi connectivity index (χ4n) is 1.42. The van der Waals surface area contributed by atoms with Crippen LogP contribution >= 0.6 is 0 Å². The SMILES string of the molecule is CC(C)(C)OC(=O)NOC1CN(C(=O)OC(C)(C)C)C1. The number of amides is 2. The minimum absolute atomic E-state index is 0.241. The summed E-state index contributed by atoms with van der Waals surface area (Å²) in [5.41, 5.74) is 1.12. The van der Waals surface area contributed by atoms with E-state index in [9.17, 15) is 9.59 Å². The van der Waals surface area contributed by atoms with Crippen molar-refractivity contribution in [3.63, 3.8) is 0 Å². The quantitative estimate of drug-likeness (QED) is 0.787. The number of nitrogens with zero attached hydrogens (tertiary/aromatic N) is 1. The zero-order valence-corrected chi connectivity index (χ0v) is 13.0. The molecule has 0 aromatic heterocycles. The first-order chi connectivity index (χ1) is 8.96. The van der Waals surface area contributed by atoms with Crippen molar-refractivity contribution in [1.29, 1.82) is 0 Å². The Bertz CT molecular complexity index is 361. The molecular weight excluding hydrogens is 264 g/mol. The van der Waals surface area contributed by atoms with E-state index in [0.717, 1.165) is 0 Å². The fourth-order valence-corrected chi connectivity index (χ4v) is 1.42.